The number of carbonyl (C=O) groups is 1. The van der Waals surface area contributed by atoms with Gasteiger partial charge in [0.05, 0.1) is 12.4 Å². The van der Waals surface area contributed by atoms with Crippen molar-refractivity contribution in [3.8, 4) is 0 Å². The second-order valence-corrected chi connectivity index (χ2v) is 12.0. The maximum Gasteiger partial charge on any atom is 0.204 e. The molecule has 0 radical (unpaired) electrons. The maximum absolute atomic E-state index is 13.7. The van der Waals surface area contributed by atoms with Crippen molar-refractivity contribution < 1.29 is 14.3 Å². The number of aliphatic hydroxyl groups excluding tert-OH is 1. The van der Waals surface area contributed by atoms with Crippen molar-refractivity contribution in [2.75, 3.05) is 0 Å². The number of rotatable bonds is 0. The summed E-state index contributed by atoms with van der Waals surface area (Å²) < 4.78 is 5.63. The molecule has 0 aliphatic heterocycles. The lowest BCUT2D eigenvalue weighted by atomic mass is 9.43. The summed E-state index contributed by atoms with van der Waals surface area (Å²) >= 11 is 0. The van der Waals surface area contributed by atoms with E-state index >= 15 is 0 Å². The first-order chi connectivity index (χ1) is 13.0. The van der Waals surface area contributed by atoms with E-state index in [-0.39, 0.29) is 17.1 Å². The Morgan fingerprint density at radius 2 is 1.71 bits per heavy atom. The summed E-state index contributed by atoms with van der Waals surface area (Å²) in [5, 5.41) is 11.0. The molecular weight excluding hydrogens is 348 g/mol. The quantitative estimate of drug-likeness (QED) is 0.581. The van der Waals surface area contributed by atoms with Gasteiger partial charge in [0.2, 0.25) is 5.78 Å². The summed E-state index contributed by atoms with van der Waals surface area (Å²) in [7, 11) is 0. The molecule has 3 fully saturated rings. The van der Waals surface area contributed by atoms with Gasteiger partial charge in [0.1, 0.15) is 0 Å². The summed E-state index contributed by atoms with van der Waals surface area (Å²) in [6.07, 6.45) is 8.97. The summed E-state index contributed by atoms with van der Waals surface area (Å²) in [5.41, 5.74) is 1.08. The minimum atomic E-state index is -0.589. The Kier molecular flexibility index (Phi) is 3.74. The van der Waals surface area contributed by atoms with Gasteiger partial charge in [-0.05, 0) is 78.6 Å². The van der Waals surface area contributed by atoms with Crippen LogP contribution in [0.5, 0.6) is 0 Å². The maximum atomic E-state index is 13.7. The molecule has 0 aromatic carbocycles. The van der Waals surface area contributed by atoms with Crippen molar-refractivity contribution >= 4 is 5.78 Å². The lowest BCUT2D eigenvalue weighted by Gasteiger charge is -2.62. The summed E-state index contributed by atoms with van der Waals surface area (Å²) in [5.74, 6) is 2.06. The minimum absolute atomic E-state index is 0.119. The number of carbonyl (C=O) groups excluding carboxylic acids is 1. The molecule has 5 rings (SSSR count). The SMILES string of the molecule is CC1(C)CCC[C@]2(C)[C@H]3C[C@]4(C)C(=O)c5occc5[C@@H](O)C[C@H]4[C@]3(C)CC[C@@H]12. The first-order valence-electron chi connectivity index (χ1n) is 11.3. The molecule has 4 aliphatic rings. The number of ketones is 1. The van der Waals surface area contributed by atoms with Crippen molar-refractivity contribution in [3.63, 3.8) is 0 Å². The molecular formula is C25H36O3. The van der Waals surface area contributed by atoms with Crippen LogP contribution in [0.25, 0.3) is 0 Å². The van der Waals surface area contributed by atoms with E-state index in [1.165, 1.54) is 32.1 Å². The van der Waals surface area contributed by atoms with Crippen molar-refractivity contribution in [1.29, 1.82) is 0 Å². The highest BCUT2D eigenvalue weighted by Gasteiger charge is 2.69. The Balaban J connectivity index is 1.62. The Hall–Kier alpha value is -1.09. The summed E-state index contributed by atoms with van der Waals surface area (Å²) in [4.78, 5) is 13.7. The van der Waals surface area contributed by atoms with Gasteiger partial charge in [-0.3, -0.25) is 4.79 Å². The van der Waals surface area contributed by atoms with E-state index in [0.29, 0.717) is 34.5 Å². The van der Waals surface area contributed by atoms with Gasteiger partial charge in [0.15, 0.2) is 5.76 Å². The van der Waals surface area contributed by atoms with Crippen LogP contribution in [0, 0.1) is 39.4 Å². The number of fused-ring (bicyclic) bond motifs is 6. The van der Waals surface area contributed by atoms with E-state index in [2.05, 4.69) is 34.6 Å². The molecule has 1 N–H and O–H groups in total. The Labute approximate surface area is 169 Å². The third-order valence-corrected chi connectivity index (χ3v) is 10.3. The van der Waals surface area contributed by atoms with E-state index < -0.39 is 11.5 Å². The fourth-order valence-electron chi connectivity index (χ4n) is 9.02. The lowest BCUT2D eigenvalue weighted by Crippen LogP contribution is -2.54. The zero-order valence-electron chi connectivity index (χ0n) is 18.2. The van der Waals surface area contributed by atoms with Crippen LogP contribution in [0.2, 0.25) is 0 Å². The molecule has 154 valence electrons. The molecule has 28 heavy (non-hydrogen) atoms. The largest absolute Gasteiger partial charge is 0.461 e. The summed E-state index contributed by atoms with van der Waals surface area (Å²) in [6.45, 7) is 12.1. The van der Waals surface area contributed by atoms with Crippen LogP contribution < -0.4 is 0 Å². The highest BCUT2D eigenvalue weighted by Crippen LogP contribution is 2.74. The Morgan fingerprint density at radius 3 is 2.46 bits per heavy atom. The normalized spacial score (nSPS) is 49.6. The molecule has 7 atom stereocenters. The van der Waals surface area contributed by atoms with Crippen molar-refractivity contribution in [2.24, 2.45) is 39.4 Å². The van der Waals surface area contributed by atoms with E-state index in [9.17, 15) is 9.90 Å². The van der Waals surface area contributed by atoms with Gasteiger partial charge in [-0.25, -0.2) is 0 Å². The molecule has 0 saturated heterocycles. The smallest absolute Gasteiger partial charge is 0.204 e. The van der Waals surface area contributed by atoms with Crippen LogP contribution in [0.1, 0.15) is 102 Å². The number of aliphatic hydroxyl groups is 1. The van der Waals surface area contributed by atoms with Gasteiger partial charge in [-0.2, -0.15) is 0 Å². The fourth-order valence-corrected chi connectivity index (χ4v) is 9.02. The van der Waals surface area contributed by atoms with Crippen molar-refractivity contribution in [2.45, 2.75) is 85.7 Å². The molecule has 0 unspecified atom stereocenters. The summed E-state index contributed by atoms with van der Waals surface area (Å²) in [6, 6.07) is 1.80. The van der Waals surface area contributed by atoms with Crippen LogP contribution >= 0.6 is 0 Å². The number of hydrogen-bond donors (Lipinski definition) is 1. The second-order valence-electron chi connectivity index (χ2n) is 12.0. The van der Waals surface area contributed by atoms with E-state index in [4.69, 9.17) is 4.42 Å². The predicted molar refractivity (Wildman–Crippen MR) is 109 cm³/mol. The van der Waals surface area contributed by atoms with E-state index in [0.717, 1.165) is 12.3 Å². The Bertz CT molecular complexity index is 822. The van der Waals surface area contributed by atoms with Crippen LogP contribution in [0.15, 0.2) is 16.7 Å². The zero-order valence-corrected chi connectivity index (χ0v) is 18.2. The third-order valence-electron chi connectivity index (χ3n) is 10.3. The molecule has 1 heterocycles. The zero-order chi connectivity index (χ0) is 20.1. The van der Waals surface area contributed by atoms with Crippen molar-refractivity contribution in [3.05, 3.63) is 23.7 Å². The van der Waals surface area contributed by atoms with E-state index in [1.807, 2.05) is 0 Å². The van der Waals surface area contributed by atoms with Gasteiger partial charge in [0.25, 0.3) is 0 Å². The molecule has 3 heteroatoms. The third kappa shape index (κ3) is 2.12. The minimum Gasteiger partial charge on any atom is -0.461 e. The van der Waals surface area contributed by atoms with Gasteiger partial charge < -0.3 is 9.52 Å². The topological polar surface area (TPSA) is 50.4 Å². The lowest BCUT2D eigenvalue weighted by molar-refractivity contribution is -0.129. The molecule has 0 bridgehead atoms. The molecule has 1 aromatic rings. The monoisotopic (exact) mass is 384 g/mol. The van der Waals surface area contributed by atoms with Crippen LogP contribution in [0.3, 0.4) is 0 Å². The fraction of sp³-hybridized carbons (Fsp3) is 0.800. The highest BCUT2D eigenvalue weighted by atomic mass is 16.3. The first-order valence-corrected chi connectivity index (χ1v) is 11.3. The molecule has 4 aliphatic carbocycles. The Morgan fingerprint density at radius 1 is 1.00 bits per heavy atom. The molecule has 0 spiro atoms. The molecule has 3 nitrogen and oxygen atoms in total. The second kappa shape index (κ2) is 5.53. The average molecular weight is 385 g/mol. The van der Waals surface area contributed by atoms with Crippen LogP contribution in [0.4, 0.5) is 0 Å². The number of furan rings is 1. The number of hydrogen-bond acceptors (Lipinski definition) is 3. The predicted octanol–water partition coefficient (Wildman–Crippen LogP) is 6.17. The van der Waals surface area contributed by atoms with Crippen molar-refractivity contribution in [1.82, 2.24) is 0 Å². The standard InChI is InChI=1S/C25H36O3/c1-22(2)9-6-10-23(3)17(22)7-11-24(4)18-13-16(26)15-8-12-28-20(15)21(27)25(18,5)14-19(23)24/h8,12,16-19,26H,6-7,9-11,13-14H2,1-5H3/t16-,17-,18-,19+,23-,24-,25-/m0/s1. The van der Waals surface area contributed by atoms with Gasteiger partial charge in [-0.15, -0.1) is 0 Å². The first kappa shape index (κ1) is 18.9. The molecule has 0 amide bonds. The van der Waals surface area contributed by atoms with E-state index in [1.54, 1.807) is 12.3 Å². The highest BCUT2D eigenvalue weighted by molar-refractivity contribution is 6.00. The molecule has 3 saturated carbocycles. The van der Waals surface area contributed by atoms with Gasteiger partial charge >= 0.3 is 0 Å². The van der Waals surface area contributed by atoms with Crippen LogP contribution in [-0.2, 0) is 0 Å². The number of Topliss-reactive ketones (excluding diaryl/α,β-unsaturated/α-hetero) is 1. The average Bonchev–Trinajstić information content (AvgIpc) is 3.16. The van der Waals surface area contributed by atoms with Gasteiger partial charge in [-0.1, -0.05) is 41.0 Å². The van der Waals surface area contributed by atoms with Gasteiger partial charge in [0, 0.05) is 11.0 Å². The molecule has 1 aromatic heterocycles. The van der Waals surface area contributed by atoms with Crippen LogP contribution in [-0.4, -0.2) is 10.9 Å².